The Morgan fingerprint density at radius 1 is 1.50 bits per heavy atom. The SMILES string of the molecule is Cc1oc(CN)cc1S(=O)(=O)NCC1(C)CCC1. The van der Waals surface area contributed by atoms with Crippen molar-refractivity contribution in [2.24, 2.45) is 11.1 Å². The van der Waals surface area contributed by atoms with Gasteiger partial charge in [-0.05, 0) is 25.2 Å². The Morgan fingerprint density at radius 2 is 2.17 bits per heavy atom. The standard InChI is InChI=1S/C12H20N2O3S/c1-9-11(6-10(7-13)17-9)18(15,16)14-8-12(2)4-3-5-12/h6,14H,3-5,7-8,13H2,1-2H3. The third kappa shape index (κ3) is 2.60. The maximum absolute atomic E-state index is 12.2. The molecule has 1 aliphatic carbocycles. The maximum Gasteiger partial charge on any atom is 0.244 e. The Hall–Kier alpha value is -0.850. The van der Waals surface area contributed by atoms with Crippen LogP contribution in [0.1, 0.15) is 37.7 Å². The first-order valence-corrected chi connectivity index (χ1v) is 7.64. The normalized spacial score (nSPS) is 18.6. The first kappa shape index (κ1) is 13.6. The van der Waals surface area contributed by atoms with Gasteiger partial charge in [0.1, 0.15) is 16.4 Å². The molecular weight excluding hydrogens is 252 g/mol. The van der Waals surface area contributed by atoms with Crippen LogP contribution in [0, 0.1) is 12.3 Å². The molecule has 0 atom stereocenters. The van der Waals surface area contributed by atoms with Gasteiger partial charge in [0.2, 0.25) is 10.0 Å². The van der Waals surface area contributed by atoms with E-state index in [1.165, 1.54) is 12.5 Å². The number of nitrogens with two attached hydrogens (primary N) is 1. The van der Waals surface area contributed by atoms with Crippen LogP contribution < -0.4 is 10.5 Å². The zero-order valence-electron chi connectivity index (χ0n) is 10.8. The van der Waals surface area contributed by atoms with Crippen molar-refractivity contribution < 1.29 is 12.8 Å². The fourth-order valence-corrected chi connectivity index (χ4v) is 3.60. The largest absolute Gasteiger partial charge is 0.464 e. The predicted molar refractivity (Wildman–Crippen MR) is 68.5 cm³/mol. The van der Waals surface area contributed by atoms with Crippen LogP contribution in [0.5, 0.6) is 0 Å². The summed E-state index contributed by atoms with van der Waals surface area (Å²) >= 11 is 0. The molecule has 1 aromatic heterocycles. The van der Waals surface area contributed by atoms with Gasteiger partial charge in [-0.1, -0.05) is 13.3 Å². The second kappa shape index (κ2) is 4.68. The first-order chi connectivity index (χ1) is 8.36. The highest BCUT2D eigenvalue weighted by atomic mass is 32.2. The minimum Gasteiger partial charge on any atom is -0.464 e. The van der Waals surface area contributed by atoms with Crippen molar-refractivity contribution in [2.75, 3.05) is 6.54 Å². The lowest BCUT2D eigenvalue weighted by Gasteiger charge is -2.38. The van der Waals surface area contributed by atoms with Gasteiger partial charge in [-0.2, -0.15) is 0 Å². The highest BCUT2D eigenvalue weighted by Gasteiger charge is 2.33. The Bertz CT molecular complexity index is 530. The minimum absolute atomic E-state index is 0.113. The summed E-state index contributed by atoms with van der Waals surface area (Å²) in [5.74, 6) is 0.879. The minimum atomic E-state index is -3.49. The number of nitrogens with one attached hydrogen (secondary N) is 1. The molecule has 1 heterocycles. The van der Waals surface area contributed by atoms with Crippen LogP contribution in [-0.2, 0) is 16.6 Å². The molecule has 0 spiro atoms. The van der Waals surface area contributed by atoms with Gasteiger partial charge in [-0.15, -0.1) is 0 Å². The molecule has 2 rings (SSSR count). The molecule has 1 aromatic rings. The molecule has 0 aliphatic heterocycles. The molecule has 1 aliphatic rings. The van der Waals surface area contributed by atoms with Crippen molar-refractivity contribution >= 4 is 10.0 Å². The summed E-state index contributed by atoms with van der Waals surface area (Å²) in [4.78, 5) is 0.200. The van der Waals surface area contributed by atoms with Crippen LogP contribution in [0.3, 0.4) is 0 Å². The number of aryl methyl sites for hydroxylation is 1. The topological polar surface area (TPSA) is 85.3 Å². The molecule has 1 saturated carbocycles. The lowest BCUT2D eigenvalue weighted by Crippen LogP contribution is -2.39. The van der Waals surface area contributed by atoms with Gasteiger partial charge < -0.3 is 10.2 Å². The van der Waals surface area contributed by atoms with Crippen molar-refractivity contribution in [3.8, 4) is 0 Å². The summed E-state index contributed by atoms with van der Waals surface area (Å²) in [6.45, 7) is 4.43. The Morgan fingerprint density at radius 3 is 2.61 bits per heavy atom. The van der Waals surface area contributed by atoms with Gasteiger partial charge in [-0.25, -0.2) is 13.1 Å². The van der Waals surface area contributed by atoms with E-state index in [4.69, 9.17) is 10.2 Å². The average Bonchev–Trinajstić information content (AvgIpc) is 2.66. The van der Waals surface area contributed by atoms with Crippen LogP contribution in [0.2, 0.25) is 0 Å². The third-order valence-electron chi connectivity index (χ3n) is 3.66. The van der Waals surface area contributed by atoms with E-state index in [0.717, 1.165) is 12.8 Å². The van der Waals surface area contributed by atoms with E-state index < -0.39 is 10.0 Å². The highest BCUT2D eigenvalue weighted by molar-refractivity contribution is 7.89. The molecule has 0 radical (unpaired) electrons. The number of rotatable bonds is 5. The van der Waals surface area contributed by atoms with Crippen LogP contribution in [0.25, 0.3) is 0 Å². The summed E-state index contributed by atoms with van der Waals surface area (Å²) in [7, 11) is -3.49. The van der Waals surface area contributed by atoms with E-state index in [-0.39, 0.29) is 16.9 Å². The molecule has 18 heavy (non-hydrogen) atoms. The Kier molecular flexibility index (Phi) is 3.53. The smallest absolute Gasteiger partial charge is 0.244 e. The molecular formula is C12H20N2O3S. The van der Waals surface area contributed by atoms with Crippen LogP contribution in [-0.4, -0.2) is 15.0 Å². The number of furan rings is 1. The Labute approximate surface area is 108 Å². The molecule has 3 N–H and O–H groups in total. The van der Waals surface area contributed by atoms with E-state index in [1.807, 2.05) is 0 Å². The second-order valence-corrected chi connectivity index (χ2v) is 7.06. The number of hydrogen-bond acceptors (Lipinski definition) is 4. The van der Waals surface area contributed by atoms with Crippen LogP contribution in [0.4, 0.5) is 0 Å². The van der Waals surface area contributed by atoms with Crippen molar-refractivity contribution in [1.29, 1.82) is 0 Å². The molecule has 6 heteroatoms. The summed E-state index contributed by atoms with van der Waals surface area (Å²) in [5, 5.41) is 0. The quantitative estimate of drug-likeness (QED) is 0.851. The van der Waals surface area contributed by atoms with E-state index in [1.54, 1.807) is 6.92 Å². The average molecular weight is 272 g/mol. The van der Waals surface area contributed by atoms with Gasteiger partial charge >= 0.3 is 0 Å². The third-order valence-corrected chi connectivity index (χ3v) is 5.17. The van der Waals surface area contributed by atoms with Gasteiger partial charge in [0.15, 0.2) is 0 Å². The summed E-state index contributed by atoms with van der Waals surface area (Å²) in [6.07, 6.45) is 3.34. The van der Waals surface area contributed by atoms with E-state index in [9.17, 15) is 8.42 Å². The van der Waals surface area contributed by atoms with E-state index in [0.29, 0.717) is 18.1 Å². The van der Waals surface area contributed by atoms with E-state index in [2.05, 4.69) is 11.6 Å². The first-order valence-electron chi connectivity index (χ1n) is 6.15. The summed E-state index contributed by atoms with van der Waals surface area (Å²) in [6, 6.07) is 1.50. The predicted octanol–water partition coefficient (Wildman–Crippen LogP) is 1.52. The molecule has 0 bridgehead atoms. The molecule has 0 amide bonds. The molecule has 1 fully saturated rings. The zero-order chi connectivity index (χ0) is 13.4. The number of sulfonamides is 1. The van der Waals surface area contributed by atoms with Gasteiger partial charge in [0.25, 0.3) is 0 Å². The maximum atomic E-state index is 12.2. The zero-order valence-corrected chi connectivity index (χ0v) is 11.6. The summed E-state index contributed by atoms with van der Waals surface area (Å²) < 4.78 is 32.3. The molecule has 102 valence electrons. The van der Waals surface area contributed by atoms with E-state index >= 15 is 0 Å². The second-order valence-electron chi connectivity index (χ2n) is 5.33. The lowest BCUT2D eigenvalue weighted by molar-refractivity contribution is 0.166. The van der Waals surface area contributed by atoms with Gasteiger partial charge in [0, 0.05) is 12.6 Å². The number of hydrogen-bond donors (Lipinski definition) is 2. The van der Waals surface area contributed by atoms with Gasteiger partial charge in [0.05, 0.1) is 6.54 Å². The van der Waals surface area contributed by atoms with Crippen molar-refractivity contribution in [3.63, 3.8) is 0 Å². The van der Waals surface area contributed by atoms with Crippen LogP contribution >= 0.6 is 0 Å². The van der Waals surface area contributed by atoms with Crippen LogP contribution in [0.15, 0.2) is 15.4 Å². The fourth-order valence-electron chi connectivity index (χ4n) is 2.20. The Balaban J connectivity index is 2.12. The van der Waals surface area contributed by atoms with Gasteiger partial charge in [-0.3, -0.25) is 0 Å². The molecule has 0 aromatic carbocycles. The van der Waals surface area contributed by atoms with Crippen molar-refractivity contribution in [1.82, 2.24) is 4.72 Å². The monoisotopic (exact) mass is 272 g/mol. The fraction of sp³-hybridized carbons (Fsp3) is 0.667. The summed E-state index contributed by atoms with van der Waals surface area (Å²) in [5.41, 5.74) is 5.55. The van der Waals surface area contributed by atoms with Crippen molar-refractivity contribution in [2.45, 2.75) is 44.6 Å². The molecule has 0 saturated heterocycles. The lowest BCUT2D eigenvalue weighted by atomic mass is 9.71. The van der Waals surface area contributed by atoms with Crippen molar-refractivity contribution in [3.05, 3.63) is 17.6 Å². The molecule has 0 unspecified atom stereocenters. The highest BCUT2D eigenvalue weighted by Crippen LogP contribution is 2.39. The molecule has 5 nitrogen and oxygen atoms in total.